The summed E-state index contributed by atoms with van der Waals surface area (Å²) in [6, 6.07) is 3.37. The molecule has 0 unspecified atom stereocenters. The van der Waals surface area contributed by atoms with Crippen molar-refractivity contribution in [2.45, 2.75) is 43.7 Å². The van der Waals surface area contributed by atoms with Crippen LogP contribution in [0.1, 0.15) is 38.0 Å². The Morgan fingerprint density at radius 3 is 2.59 bits per heavy atom. The summed E-state index contributed by atoms with van der Waals surface area (Å²) in [7, 11) is -3.38. The van der Waals surface area contributed by atoms with E-state index in [1.807, 2.05) is 13.8 Å². The number of hydrogen-bond donors (Lipinski definition) is 1. The van der Waals surface area contributed by atoms with Crippen LogP contribution in [0.4, 0.5) is 0 Å². The van der Waals surface area contributed by atoms with Crippen molar-refractivity contribution >= 4 is 27.3 Å². The van der Waals surface area contributed by atoms with Gasteiger partial charge in [0.1, 0.15) is 4.21 Å². The van der Waals surface area contributed by atoms with Gasteiger partial charge in [-0.2, -0.15) is 4.31 Å². The van der Waals surface area contributed by atoms with Gasteiger partial charge in [0.25, 0.3) is 10.0 Å². The zero-order chi connectivity index (χ0) is 16.2. The highest BCUT2D eigenvalue weighted by atomic mass is 32.2. The molecule has 1 saturated heterocycles. The fourth-order valence-electron chi connectivity index (χ4n) is 2.36. The maximum absolute atomic E-state index is 12.5. The maximum Gasteiger partial charge on any atom is 0.252 e. The van der Waals surface area contributed by atoms with Gasteiger partial charge < -0.3 is 5.32 Å². The molecule has 1 aromatic rings. The molecule has 0 spiro atoms. The van der Waals surface area contributed by atoms with Crippen molar-refractivity contribution in [1.82, 2.24) is 9.62 Å². The zero-order valence-electron chi connectivity index (χ0n) is 13.2. The Balaban J connectivity index is 1.99. The average Bonchev–Trinajstić information content (AvgIpc) is 2.95. The normalized spacial score (nSPS) is 16.9. The molecule has 7 heteroatoms. The fourth-order valence-corrected chi connectivity index (χ4v) is 5.39. The van der Waals surface area contributed by atoms with E-state index in [0.29, 0.717) is 29.8 Å². The summed E-state index contributed by atoms with van der Waals surface area (Å²) in [6.07, 6.45) is 3.19. The van der Waals surface area contributed by atoms with Gasteiger partial charge >= 0.3 is 0 Å². The van der Waals surface area contributed by atoms with Crippen LogP contribution in [0.2, 0.25) is 0 Å². The van der Waals surface area contributed by atoms with Crippen LogP contribution < -0.4 is 5.32 Å². The molecule has 2 rings (SSSR count). The van der Waals surface area contributed by atoms with E-state index < -0.39 is 10.0 Å². The van der Waals surface area contributed by atoms with Crippen LogP contribution in [0.5, 0.6) is 0 Å². The molecule has 1 fully saturated rings. The predicted molar refractivity (Wildman–Crippen MR) is 88.5 cm³/mol. The number of thiophene rings is 1. The van der Waals surface area contributed by atoms with E-state index in [1.54, 1.807) is 16.4 Å². The molecule has 0 aromatic carbocycles. The molecule has 1 aliphatic heterocycles. The van der Waals surface area contributed by atoms with E-state index in [-0.39, 0.29) is 12.3 Å². The Hall–Kier alpha value is -0.920. The van der Waals surface area contributed by atoms with Gasteiger partial charge in [-0.25, -0.2) is 8.42 Å². The summed E-state index contributed by atoms with van der Waals surface area (Å²) in [6.45, 7) is 5.92. The van der Waals surface area contributed by atoms with Crippen molar-refractivity contribution < 1.29 is 13.2 Å². The Morgan fingerprint density at radius 1 is 1.27 bits per heavy atom. The van der Waals surface area contributed by atoms with Crippen molar-refractivity contribution in [3.63, 3.8) is 0 Å². The largest absolute Gasteiger partial charge is 0.356 e. The minimum absolute atomic E-state index is 0.0579. The van der Waals surface area contributed by atoms with Crippen molar-refractivity contribution in [2.24, 2.45) is 5.92 Å². The van der Waals surface area contributed by atoms with Gasteiger partial charge in [0.05, 0.1) is 6.42 Å². The minimum atomic E-state index is -3.38. The predicted octanol–water partition coefficient (Wildman–Crippen LogP) is 2.24. The summed E-state index contributed by atoms with van der Waals surface area (Å²) >= 11 is 1.21. The second-order valence-electron chi connectivity index (χ2n) is 6.06. The van der Waals surface area contributed by atoms with Crippen LogP contribution in [0.15, 0.2) is 16.3 Å². The topological polar surface area (TPSA) is 66.5 Å². The first kappa shape index (κ1) is 17.4. The number of sulfonamides is 1. The molecule has 5 nitrogen and oxygen atoms in total. The molecule has 1 N–H and O–H groups in total. The second-order valence-corrected chi connectivity index (χ2v) is 9.39. The van der Waals surface area contributed by atoms with Crippen LogP contribution in [-0.4, -0.2) is 38.3 Å². The molecule has 0 atom stereocenters. The van der Waals surface area contributed by atoms with E-state index in [9.17, 15) is 13.2 Å². The SMILES string of the molecule is CC(C)CNC(=O)Cc1ccc(S(=O)(=O)N2CCCCC2)s1. The molecule has 1 aliphatic rings. The summed E-state index contributed by atoms with van der Waals surface area (Å²) < 4.78 is 27.0. The highest BCUT2D eigenvalue weighted by Crippen LogP contribution is 2.27. The summed E-state index contributed by atoms with van der Waals surface area (Å²) in [5, 5.41) is 2.85. The van der Waals surface area contributed by atoms with Gasteiger partial charge in [-0.1, -0.05) is 20.3 Å². The van der Waals surface area contributed by atoms with E-state index in [2.05, 4.69) is 5.32 Å². The molecule has 1 amide bonds. The van der Waals surface area contributed by atoms with Crippen molar-refractivity contribution in [3.05, 3.63) is 17.0 Å². The third kappa shape index (κ3) is 4.54. The van der Waals surface area contributed by atoms with Gasteiger partial charge in [-0.05, 0) is 30.9 Å². The molecular weight excluding hydrogens is 320 g/mol. The Kier molecular flexibility index (Phi) is 6.00. The lowest BCUT2D eigenvalue weighted by molar-refractivity contribution is -0.120. The standard InChI is InChI=1S/C15H24N2O3S2/c1-12(2)11-16-14(18)10-13-6-7-15(21-13)22(19,20)17-8-4-3-5-9-17/h6-7,12H,3-5,8-11H2,1-2H3,(H,16,18). The molecule has 0 radical (unpaired) electrons. The lowest BCUT2D eigenvalue weighted by Gasteiger charge is -2.25. The highest BCUT2D eigenvalue weighted by Gasteiger charge is 2.27. The molecule has 0 saturated carbocycles. The van der Waals surface area contributed by atoms with Gasteiger partial charge in [-0.3, -0.25) is 4.79 Å². The molecule has 22 heavy (non-hydrogen) atoms. The first-order valence-corrected chi connectivity index (χ1v) is 10.0. The molecule has 0 bridgehead atoms. The van der Waals surface area contributed by atoms with E-state index >= 15 is 0 Å². The number of piperidine rings is 1. The van der Waals surface area contributed by atoms with Gasteiger partial charge in [0.15, 0.2) is 0 Å². The molecule has 0 aliphatic carbocycles. The molecule has 2 heterocycles. The third-order valence-electron chi connectivity index (χ3n) is 3.59. The van der Waals surface area contributed by atoms with E-state index in [1.165, 1.54) is 11.3 Å². The number of carbonyl (C=O) groups is 1. The number of hydrogen-bond acceptors (Lipinski definition) is 4. The number of nitrogens with zero attached hydrogens (tertiary/aromatic N) is 1. The zero-order valence-corrected chi connectivity index (χ0v) is 14.8. The Morgan fingerprint density at radius 2 is 1.95 bits per heavy atom. The lowest BCUT2D eigenvalue weighted by Crippen LogP contribution is -2.35. The summed E-state index contributed by atoms with van der Waals surface area (Å²) in [5.41, 5.74) is 0. The first-order valence-electron chi connectivity index (χ1n) is 7.75. The van der Waals surface area contributed by atoms with Crippen molar-refractivity contribution in [1.29, 1.82) is 0 Å². The number of amides is 1. The summed E-state index contributed by atoms with van der Waals surface area (Å²) in [5.74, 6) is 0.347. The highest BCUT2D eigenvalue weighted by molar-refractivity contribution is 7.91. The van der Waals surface area contributed by atoms with Gasteiger partial charge in [0.2, 0.25) is 5.91 Å². The van der Waals surface area contributed by atoms with Crippen molar-refractivity contribution in [3.8, 4) is 0 Å². The Bertz CT molecular complexity index is 602. The number of nitrogens with one attached hydrogen (secondary N) is 1. The summed E-state index contributed by atoms with van der Waals surface area (Å²) in [4.78, 5) is 12.6. The molecule has 1 aromatic heterocycles. The lowest BCUT2D eigenvalue weighted by atomic mass is 10.2. The first-order chi connectivity index (χ1) is 10.4. The molecule has 124 valence electrons. The third-order valence-corrected chi connectivity index (χ3v) is 7.04. The minimum Gasteiger partial charge on any atom is -0.356 e. The van der Waals surface area contributed by atoms with Crippen LogP contribution in [0.25, 0.3) is 0 Å². The van der Waals surface area contributed by atoms with Crippen LogP contribution >= 0.6 is 11.3 Å². The van der Waals surface area contributed by atoms with Crippen molar-refractivity contribution in [2.75, 3.05) is 19.6 Å². The van der Waals surface area contributed by atoms with E-state index in [0.717, 1.165) is 24.1 Å². The van der Waals surface area contributed by atoms with Gasteiger partial charge in [-0.15, -0.1) is 11.3 Å². The van der Waals surface area contributed by atoms with Crippen LogP contribution in [0, 0.1) is 5.92 Å². The smallest absolute Gasteiger partial charge is 0.252 e. The monoisotopic (exact) mass is 344 g/mol. The second kappa shape index (κ2) is 7.57. The molecular formula is C15H24N2O3S2. The van der Waals surface area contributed by atoms with Crippen LogP contribution in [-0.2, 0) is 21.2 Å². The van der Waals surface area contributed by atoms with E-state index in [4.69, 9.17) is 0 Å². The fraction of sp³-hybridized carbons (Fsp3) is 0.667. The van der Waals surface area contributed by atoms with Crippen LogP contribution in [0.3, 0.4) is 0 Å². The quantitative estimate of drug-likeness (QED) is 0.860. The average molecular weight is 345 g/mol. The Labute approximate surface area is 136 Å². The number of rotatable bonds is 6. The van der Waals surface area contributed by atoms with Gasteiger partial charge in [0, 0.05) is 24.5 Å². The number of carbonyl (C=O) groups excluding carboxylic acids is 1. The maximum atomic E-state index is 12.5.